The average Bonchev–Trinajstić information content (AvgIpc) is 3.00. The minimum Gasteiger partial charge on any atom is -0.465 e. The van der Waals surface area contributed by atoms with Gasteiger partial charge in [-0.2, -0.15) is 0 Å². The van der Waals surface area contributed by atoms with E-state index in [2.05, 4.69) is 35.0 Å². The summed E-state index contributed by atoms with van der Waals surface area (Å²) in [4.78, 5) is 15.2. The van der Waals surface area contributed by atoms with Crippen molar-refractivity contribution in [1.29, 1.82) is 0 Å². The maximum absolute atomic E-state index is 12.7. The lowest BCUT2D eigenvalue weighted by Crippen LogP contribution is -2.54. The van der Waals surface area contributed by atoms with Gasteiger partial charge in [-0.05, 0) is 75.8 Å². The fourth-order valence-corrected chi connectivity index (χ4v) is 8.77. The number of hydrogen-bond donors (Lipinski definition) is 0. The molecule has 1 spiro atoms. The lowest BCUT2D eigenvalue weighted by Gasteiger charge is -2.50. The van der Waals surface area contributed by atoms with Crippen LogP contribution in [0, 0.1) is 5.92 Å². The van der Waals surface area contributed by atoms with Gasteiger partial charge in [0.25, 0.3) is 0 Å². The highest BCUT2D eigenvalue weighted by atomic mass is 32.2. The van der Waals surface area contributed by atoms with Gasteiger partial charge in [0, 0.05) is 6.04 Å². The van der Waals surface area contributed by atoms with Crippen LogP contribution in [-0.2, 0) is 9.53 Å². The molecular formula is C20H33NO2S2. The number of likely N-dealkylation sites (tertiary alicyclic amines) is 1. The highest BCUT2D eigenvalue weighted by molar-refractivity contribution is 8.18. The first kappa shape index (κ1) is 19.6. The number of carbonyl (C=O) groups excluding carboxylic acids is 1. The average molecular weight is 384 g/mol. The number of rotatable bonds is 7. The molecule has 0 amide bonds. The molecule has 0 unspecified atom stereocenters. The number of fused-ring (bicyclic) bond motifs is 2. The number of unbranched alkanes of at least 4 members (excludes halogenated alkanes) is 2. The van der Waals surface area contributed by atoms with Crippen LogP contribution < -0.4 is 0 Å². The molecule has 0 aromatic heterocycles. The number of allylic oxidation sites excluding steroid dienone is 1. The van der Waals surface area contributed by atoms with Gasteiger partial charge in [-0.3, -0.25) is 9.69 Å². The molecule has 25 heavy (non-hydrogen) atoms. The van der Waals surface area contributed by atoms with Gasteiger partial charge in [0.05, 0.1) is 10.7 Å². The van der Waals surface area contributed by atoms with Gasteiger partial charge in [0.1, 0.15) is 6.04 Å². The second-order valence-corrected chi connectivity index (χ2v) is 10.6. The zero-order valence-corrected chi connectivity index (χ0v) is 17.2. The Balaban J connectivity index is 1.79. The highest BCUT2D eigenvalue weighted by Crippen LogP contribution is 2.58. The highest BCUT2D eigenvalue weighted by Gasteiger charge is 2.56. The molecule has 5 heteroatoms. The van der Waals surface area contributed by atoms with Crippen molar-refractivity contribution in [3.05, 3.63) is 12.7 Å². The zero-order chi connectivity index (χ0) is 17.7. The first-order chi connectivity index (χ1) is 12.2. The molecule has 1 saturated carbocycles. The lowest BCUT2D eigenvalue weighted by molar-refractivity contribution is -0.149. The van der Waals surface area contributed by atoms with Crippen molar-refractivity contribution in [2.24, 2.45) is 5.92 Å². The summed E-state index contributed by atoms with van der Waals surface area (Å²) in [6.07, 6.45) is 11.6. The van der Waals surface area contributed by atoms with Crippen LogP contribution in [0.4, 0.5) is 0 Å². The van der Waals surface area contributed by atoms with E-state index in [0.29, 0.717) is 22.6 Å². The van der Waals surface area contributed by atoms with Gasteiger partial charge in [0.2, 0.25) is 0 Å². The molecule has 1 aliphatic carbocycles. The number of ether oxygens (including phenoxy) is 1. The van der Waals surface area contributed by atoms with Crippen molar-refractivity contribution >= 4 is 29.5 Å². The van der Waals surface area contributed by atoms with Crippen LogP contribution in [0.15, 0.2) is 12.7 Å². The number of thioether (sulfide) groups is 2. The van der Waals surface area contributed by atoms with Crippen molar-refractivity contribution in [3.8, 4) is 0 Å². The molecule has 0 radical (unpaired) electrons. The molecule has 0 aromatic carbocycles. The van der Waals surface area contributed by atoms with E-state index in [1.54, 1.807) is 0 Å². The normalized spacial score (nSPS) is 31.6. The predicted molar refractivity (Wildman–Crippen MR) is 109 cm³/mol. The molecule has 2 aliphatic heterocycles. The molecule has 2 saturated heterocycles. The monoisotopic (exact) mass is 383 g/mol. The Morgan fingerprint density at radius 1 is 1.32 bits per heavy atom. The van der Waals surface area contributed by atoms with E-state index in [4.69, 9.17) is 4.74 Å². The first-order valence-electron chi connectivity index (χ1n) is 10.0. The summed E-state index contributed by atoms with van der Waals surface area (Å²) in [5.74, 6) is 3.25. The Labute approximate surface area is 161 Å². The van der Waals surface area contributed by atoms with E-state index in [1.807, 2.05) is 13.0 Å². The fraction of sp³-hybridized carbons (Fsp3) is 0.850. The third-order valence-electron chi connectivity index (χ3n) is 5.90. The maximum Gasteiger partial charge on any atom is 0.323 e. The topological polar surface area (TPSA) is 29.5 Å². The molecule has 142 valence electrons. The van der Waals surface area contributed by atoms with Crippen LogP contribution in [-0.4, -0.2) is 51.7 Å². The Kier molecular flexibility index (Phi) is 7.21. The molecule has 2 heterocycles. The van der Waals surface area contributed by atoms with Crippen molar-refractivity contribution in [3.63, 3.8) is 0 Å². The molecule has 3 atom stereocenters. The standard InChI is InChI=1S/C20H33NO2S2/c1-3-5-6-7-12-21-17(19(22)23-4-2)15-16-10-8-11-20(18(16)21)24-13-9-14-25-20/h3,16-18H,1,4-15H2,2H3/t16-,17-,18+/m1/s1. The summed E-state index contributed by atoms with van der Waals surface area (Å²) in [5, 5.41) is 0. The van der Waals surface area contributed by atoms with Crippen molar-refractivity contribution < 1.29 is 9.53 Å². The maximum atomic E-state index is 12.7. The van der Waals surface area contributed by atoms with E-state index in [9.17, 15) is 4.79 Å². The fourth-order valence-electron chi connectivity index (χ4n) is 4.92. The SMILES string of the molecule is C=CCCCCN1[C@@H](C(=O)OCC)C[C@H]2CCCC3(SCCCS3)[C@H]21. The van der Waals surface area contributed by atoms with Crippen LogP contribution in [0.5, 0.6) is 0 Å². The Morgan fingerprint density at radius 3 is 2.84 bits per heavy atom. The third kappa shape index (κ3) is 4.24. The van der Waals surface area contributed by atoms with Crippen LogP contribution in [0.3, 0.4) is 0 Å². The Morgan fingerprint density at radius 2 is 2.12 bits per heavy atom. The molecule has 3 nitrogen and oxygen atoms in total. The summed E-state index contributed by atoms with van der Waals surface area (Å²) < 4.78 is 5.78. The smallest absolute Gasteiger partial charge is 0.323 e. The quantitative estimate of drug-likeness (QED) is 0.361. The summed E-state index contributed by atoms with van der Waals surface area (Å²) in [6, 6.07) is 0.534. The molecule has 0 aromatic rings. The molecule has 3 aliphatic rings. The van der Waals surface area contributed by atoms with Gasteiger partial charge in [-0.25, -0.2) is 0 Å². The summed E-state index contributed by atoms with van der Waals surface area (Å²) >= 11 is 4.38. The minimum absolute atomic E-state index is 0.0154. The largest absolute Gasteiger partial charge is 0.465 e. The van der Waals surface area contributed by atoms with Gasteiger partial charge < -0.3 is 4.74 Å². The molecular weight excluding hydrogens is 350 g/mol. The Hall–Kier alpha value is -0.130. The van der Waals surface area contributed by atoms with Crippen molar-refractivity contribution in [2.75, 3.05) is 24.7 Å². The van der Waals surface area contributed by atoms with Crippen LogP contribution >= 0.6 is 23.5 Å². The van der Waals surface area contributed by atoms with E-state index in [-0.39, 0.29) is 12.0 Å². The van der Waals surface area contributed by atoms with Crippen molar-refractivity contribution in [1.82, 2.24) is 4.90 Å². The number of esters is 1. The number of hydrogen-bond acceptors (Lipinski definition) is 5. The summed E-state index contributed by atoms with van der Waals surface area (Å²) in [6.45, 7) is 7.28. The molecule has 0 N–H and O–H groups in total. The van der Waals surface area contributed by atoms with Gasteiger partial charge in [-0.1, -0.05) is 12.5 Å². The molecule has 3 fully saturated rings. The van der Waals surface area contributed by atoms with E-state index >= 15 is 0 Å². The second kappa shape index (κ2) is 9.18. The van der Waals surface area contributed by atoms with Gasteiger partial charge in [0.15, 0.2) is 0 Å². The predicted octanol–water partition coefficient (Wildman–Crippen LogP) is 4.72. The summed E-state index contributed by atoms with van der Waals surface area (Å²) in [7, 11) is 0. The number of carbonyl (C=O) groups is 1. The zero-order valence-electron chi connectivity index (χ0n) is 15.6. The lowest BCUT2D eigenvalue weighted by atomic mass is 9.83. The van der Waals surface area contributed by atoms with Crippen LogP contribution in [0.1, 0.15) is 58.3 Å². The van der Waals surface area contributed by atoms with Crippen LogP contribution in [0.25, 0.3) is 0 Å². The molecule has 0 bridgehead atoms. The van der Waals surface area contributed by atoms with E-state index in [0.717, 1.165) is 25.8 Å². The van der Waals surface area contributed by atoms with Gasteiger partial charge >= 0.3 is 5.97 Å². The van der Waals surface area contributed by atoms with Crippen LogP contribution in [0.2, 0.25) is 0 Å². The first-order valence-corrected chi connectivity index (χ1v) is 12.0. The second-order valence-electron chi connectivity index (χ2n) is 7.49. The number of nitrogens with zero attached hydrogens (tertiary/aromatic N) is 1. The minimum atomic E-state index is -0.0169. The third-order valence-corrected chi connectivity index (χ3v) is 9.46. The molecule has 3 rings (SSSR count). The van der Waals surface area contributed by atoms with E-state index in [1.165, 1.54) is 43.6 Å². The van der Waals surface area contributed by atoms with Crippen molar-refractivity contribution in [2.45, 2.75) is 74.5 Å². The van der Waals surface area contributed by atoms with Gasteiger partial charge in [-0.15, -0.1) is 30.1 Å². The Bertz CT molecular complexity index is 459. The summed E-state index contributed by atoms with van der Waals surface area (Å²) in [5.41, 5.74) is 0. The van der Waals surface area contributed by atoms with E-state index < -0.39 is 0 Å².